The van der Waals surface area contributed by atoms with Gasteiger partial charge in [-0.2, -0.15) is 0 Å². The number of aryl methyl sites for hydroxylation is 3. The molecule has 1 N–H and O–H groups in total. The topological polar surface area (TPSA) is 64.4 Å². The van der Waals surface area contributed by atoms with Crippen LogP contribution in [0.4, 0.5) is 5.88 Å². The first-order valence-corrected chi connectivity index (χ1v) is 6.40. The normalized spacial score (nSPS) is 10.4. The highest BCUT2D eigenvalue weighted by molar-refractivity contribution is 5.90. The fraction of sp³-hybridized carbons (Fsp3) is 0.333. The summed E-state index contributed by atoms with van der Waals surface area (Å²) in [5.41, 5.74) is 3.91. The molecule has 1 amide bonds. The number of hydrogen-bond donors (Lipinski definition) is 1. The summed E-state index contributed by atoms with van der Waals surface area (Å²) in [6.07, 6.45) is 0. The number of amides is 1. The van der Waals surface area contributed by atoms with Crippen LogP contribution in [0.5, 0.6) is 5.75 Å². The van der Waals surface area contributed by atoms with Crippen LogP contribution >= 0.6 is 0 Å². The number of carbonyl (C=O) groups excluding carboxylic acids is 1. The van der Waals surface area contributed by atoms with E-state index in [4.69, 9.17) is 9.26 Å². The molecule has 0 spiro atoms. The van der Waals surface area contributed by atoms with Crippen LogP contribution in [0.2, 0.25) is 0 Å². The van der Waals surface area contributed by atoms with Gasteiger partial charge >= 0.3 is 0 Å². The van der Waals surface area contributed by atoms with Crippen molar-refractivity contribution in [2.45, 2.75) is 27.7 Å². The van der Waals surface area contributed by atoms with E-state index in [9.17, 15) is 4.79 Å². The minimum atomic E-state index is -0.276. The average molecular weight is 274 g/mol. The van der Waals surface area contributed by atoms with E-state index in [2.05, 4.69) is 10.5 Å². The third kappa shape index (κ3) is 3.17. The molecule has 20 heavy (non-hydrogen) atoms. The molecule has 0 aliphatic heterocycles. The van der Waals surface area contributed by atoms with Gasteiger partial charge in [0.15, 0.2) is 6.61 Å². The summed E-state index contributed by atoms with van der Waals surface area (Å²) < 4.78 is 10.5. The second-order valence-electron chi connectivity index (χ2n) is 4.82. The van der Waals surface area contributed by atoms with Crippen molar-refractivity contribution in [1.29, 1.82) is 0 Å². The van der Waals surface area contributed by atoms with E-state index in [0.717, 1.165) is 22.4 Å². The predicted octanol–water partition coefficient (Wildman–Crippen LogP) is 2.93. The minimum absolute atomic E-state index is 0.0646. The molecule has 0 saturated carbocycles. The van der Waals surface area contributed by atoms with Gasteiger partial charge in [0.2, 0.25) is 5.88 Å². The van der Waals surface area contributed by atoms with Crippen LogP contribution in [0.1, 0.15) is 22.4 Å². The second-order valence-corrected chi connectivity index (χ2v) is 4.82. The van der Waals surface area contributed by atoms with Crippen molar-refractivity contribution in [2.24, 2.45) is 0 Å². The molecule has 0 aliphatic carbocycles. The van der Waals surface area contributed by atoms with Gasteiger partial charge in [-0.3, -0.25) is 10.1 Å². The largest absolute Gasteiger partial charge is 0.483 e. The lowest BCUT2D eigenvalue weighted by atomic mass is 10.1. The van der Waals surface area contributed by atoms with Gasteiger partial charge in [0.25, 0.3) is 5.91 Å². The van der Waals surface area contributed by atoms with E-state index in [-0.39, 0.29) is 12.5 Å². The standard InChI is InChI=1S/C15H18N2O3/c1-9-5-6-10(2)15(12(9)4)19-8-13(18)16-14-7-11(3)17-20-14/h5-7H,8H2,1-4H3,(H,16,18). The SMILES string of the molecule is Cc1cc(NC(=O)COc2c(C)ccc(C)c2C)on1. The van der Waals surface area contributed by atoms with Gasteiger partial charge in [0, 0.05) is 6.07 Å². The molecule has 1 aromatic carbocycles. The first-order chi connectivity index (χ1) is 9.47. The number of rotatable bonds is 4. The van der Waals surface area contributed by atoms with Crippen molar-refractivity contribution in [3.05, 3.63) is 40.6 Å². The monoisotopic (exact) mass is 274 g/mol. The zero-order valence-electron chi connectivity index (χ0n) is 12.1. The van der Waals surface area contributed by atoms with Crippen LogP contribution < -0.4 is 10.1 Å². The summed E-state index contributed by atoms with van der Waals surface area (Å²) in [7, 11) is 0. The fourth-order valence-corrected chi connectivity index (χ4v) is 1.88. The van der Waals surface area contributed by atoms with Crippen molar-refractivity contribution in [1.82, 2.24) is 5.16 Å². The average Bonchev–Trinajstić information content (AvgIpc) is 2.79. The van der Waals surface area contributed by atoms with Gasteiger partial charge in [0.1, 0.15) is 5.75 Å². The molecule has 0 saturated heterocycles. The highest BCUT2D eigenvalue weighted by Crippen LogP contribution is 2.25. The van der Waals surface area contributed by atoms with Gasteiger partial charge in [-0.15, -0.1) is 0 Å². The summed E-state index contributed by atoms with van der Waals surface area (Å²) in [5.74, 6) is 0.809. The van der Waals surface area contributed by atoms with Crippen LogP contribution in [0.25, 0.3) is 0 Å². The third-order valence-electron chi connectivity index (χ3n) is 3.11. The van der Waals surface area contributed by atoms with Crippen LogP contribution in [-0.2, 0) is 4.79 Å². The smallest absolute Gasteiger partial charge is 0.264 e. The fourth-order valence-electron chi connectivity index (χ4n) is 1.88. The first-order valence-electron chi connectivity index (χ1n) is 6.40. The maximum atomic E-state index is 11.8. The van der Waals surface area contributed by atoms with Crippen LogP contribution in [0.3, 0.4) is 0 Å². The summed E-state index contributed by atoms with van der Waals surface area (Å²) in [6, 6.07) is 5.67. The molecule has 0 fully saturated rings. The lowest BCUT2D eigenvalue weighted by molar-refractivity contribution is -0.118. The van der Waals surface area contributed by atoms with Gasteiger partial charge in [0.05, 0.1) is 5.69 Å². The highest BCUT2D eigenvalue weighted by Gasteiger charge is 2.11. The molecule has 2 rings (SSSR count). The van der Waals surface area contributed by atoms with Crippen LogP contribution in [0, 0.1) is 27.7 Å². The maximum Gasteiger partial charge on any atom is 0.264 e. The Hall–Kier alpha value is -2.30. The zero-order chi connectivity index (χ0) is 14.7. The molecule has 0 unspecified atom stereocenters. The van der Waals surface area contributed by atoms with Gasteiger partial charge in [-0.1, -0.05) is 17.3 Å². The maximum absolute atomic E-state index is 11.8. The molecule has 0 radical (unpaired) electrons. The van der Waals surface area contributed by atoms with Gasteiger partial charge in [-0.05, 0) is 44.4 Å². The van der Waals surface area contributed by atoms with Crippen molar-refractivity contribution in [2.75, 3.05) is 11.9 Å². The van der Waals surface area contributed by atoms with Crippen LogP contribution in [0.15, 0.2) is 22.7 Å². The molecule has 1 heterocycles. The number of benzene rings is 1. The summed E-state index contributed by atoms with van der Waals surface area (Å²) >= 11 is 0. The molecule has 0 bridgehead atoms. The number of anilines is 1. The van der Waals surface area contributed by atoms with E-state index in [0.29, 0.717) is 11.6 Å². The highest BCUT2D eigenvalue weighted by atomic mass is 16.5. The summed E-state index contributed by atoms with van der Waals surface area (Å²) in [6.45, 7) is 7.67. The lowest BCUT2D eigenvalue weighted by Gasteiger charge is -2.13. The first kappa shape index (κ1) is 14.1. The van der Waals surface area contributed by atoms with Gasteiger partial charge < -0.3 is 9.26 Å². The Morgan fingerprint density at radius 2 is 1.95 bits per heavy atom. The molecule has 1 aromatic heterocycles. The van der Waals surface area contributed by atoms with Crippen molar-refractivity contribution in [3.63, 3.8) is 0 Å². The van der Waals surface area contributed by atoms with Crippen molar-refractivity contribution >= 4 is 11.8 Å². The van der Waals surface area contributed by atoms with Crippen molar-refractivity contribution < 1.29 is 14.1 Å². The van der Waals surface area contributed by atoms with Gasteiger partial charge in [-0.25, -0.2) is 0 Å². The Morgan fingerprint density at radius 3 is 2.60 bits per heavy atom. The molecule has 106 valence electrons. The Labute approximate surface area is 117 Å². The Morgan fingerprint density at radius 1 is 1.25 bits per heavy atom. The van der Waals surface area contributed by atoms with E-state index in [1.807, 2.05) is 32.9 Å². The zero-order valence-corrected chi connectivity index (χ0v) is 12.1. The molecule has 0 atom stereocenters. The number of hydrogen-bond acceptors (Lipinski definition) is 4. The van der Waals surface area contributed by atoms with E-state index in [1.165, 1.54) is 0 Å². The molecule has 5 nitrogen and oxygen atoms in total. The lowest BCUT2D eigenvalue weighted by Crippen LogP contribution is -2.20. The quantitative estimate of drug-likeness (QED) is 0.931. The number of nitrogens with one attached hydrogen (secondary N) is 1. The second kappa shape index (κ2) is 5.77. The predicted molar refractivity (Wildman–Crippen MR) is 76.0 cm³/mol. The number of nitrogens with zero attached hydrogens (tertiary/aromatic N) is 1. The molecular weight excluding hydrogens is 256 g/mol. The van der Waals surface area contributed by atoms with E-state index in [1.54, 1.807) is 13.0 Å². The van der Waals surface area contributed by atoms with E-state index >= 15 is 0 Å². The van der Waals surface area contributed by atoms with E-state index < -0.39 is 0 Å². The van der Waals surface area contributed by atoms with Crippen LogP contribution in [-0.4, -0.2) is 17.7 Å². The summed E-state index contributed by atoms with van der Waals surface area (Å²) in [5, 5.41) is 6.29. The Kier molecular flexibility index (Phi) is 4.08. The third-order valence-corrected chi connectivity index (χ3v) is 3.11. The Bertz CT molecular complexity index is 632. The number of carbonyl (C=O) groups is 1. The summed E-state index contributed by atoms with van der Waals surface area (Å²) in [4.78, 5) is 11.8. The van der Waals surface area contributed by atoms with Crippen molar-refractivity contribution in [3.8, 4) is 5.75 Å². The molecule has 2 aromatic rings. The minimum Gasteiger partial charge on any atom is -0.483 e. The molecular formula is C15H18N2O3. The number of aromatic nitrogens is 1. The number of ether oxygens (including phenoxy) is 1. The molecule has 0 aliphatic rings. The Balaban J connectivity index is 1.98. The molecule has 5 heteroatoms.